The Morgan fingerprint density at radius 2 is 1.55 bits per heavy atom. The van der Waals surface area contributed by atoms with Crippen LogP contribution in [0.5, 0.6) is 23.0 Å². The number of aliphatic carboxylic acids is 3. The fourth-order valence-electron chi connectivity index (χ4n) is 4.83. The van der Waals surface area contributed by atoms with E-state index in [2.05, 4.69) is 17.4 Å². The van der Waals surface area contributed by atoms with Crippen LogP contribution in [0, 0.1) is 0 Å². The predicted molar refractivity (Wildman–Crippen MR) is 141 cm³/mol. The molecule has 0 atom stereocenters. The van der Waals surface area contributed by atoms with Crippen molar-refractivity contribution in [2.75, 3.05) is 20.5 Å². The molecule has 0 aromatic heterocycles. The molecule has 5 N–H and O–H groups in total. The molecular formula is C28H35NO11. The number of ether oxygens (including phenoxy) is 4. The first-order chi connectivity index (χ1) is 19.0. The molecule has 40 heavy (non-hydrogen) atoms. The van der Waals surface area contributed by atoms with Crippen LogP contribution in [0.15, 0.2) is 36.4 Å². The van der Waals surface area contributed by atoms with E-state index < -0.39 is 36.4 Å². The quantitative estimate of drug-likeness (QED) is 0.256. The van der Waals surface area contributed by atoms with Crippen LogP contribution in [0.4, 0.5) is 0 Å². The zero-order valence-corrected chi connectivity index (χ0v) is 22.5. The molecule has 0 spiro atoms. The number of methoxy groups -OCH3 is 1. The Morgan fingerprint density at radius 3 is 2.05 bits per heavy atom. The fourth-order valence-corrected chi connectivity index (χ4v) is 4.83. The Hall–Kier alpha value is -4.03. The van der Waals surface area contributed by atoms with Crippen molar-refractivity contribution >= 4 is 17.9 Å². The van der Waals surface area contributed by atoms with Gasteiger partial charge >= 0.3 is 17.9 Å². The highest BCUT2D eigenvalue weighted by Crippen LogP contribution is 2.42. The zero-order chi connectivity index (χ0) is 29.3. The Bertz CT molecular complexity index is 1170. The van der Waals surface area contributed by atoms with Crippen molar-refractivity contribution in [1.82, 2.24) is 5.32 Å². The summed E-state index contributed by atoms with van der Waals surface area (Å²) in [5.41, 5.74) is -0.329. The molecule has 0 amide bonds. The van der Waals surface area contributed by atoms with Gasteiger partial charge in [0.05, 0.1) is 26.6 Å². The Labute approximate surface area is 231 Å². The molecule has 1 heterocycles. The summed E-state index contributed by atoms with van der Waals surface area (Å²) >= 11 is 0. The third kappa shape index (κ3) is 7.54. The van der Waals surface area contributed by atoms with Crippen molar-refractivity contribution in [3.8, 4) is 23.0 Å². The average molecular weight is 562 g/mol. The van der Waals surface area contributed by atoms with Gasteiger partial charge in [0.1, 0.15) is 11.5 Å². The van der Waals surface area contributed by atoms with Crippen LogP contribution in [0.1, 0.15) is 56.6 Å². The second kappa shape index (κ2) is 13.4. The summed E-state index contributed by atoms with van der Waals surface area (Å²) < 4.78 is 22.2. The molecule has 218 valence electrons. The van der Waals surface area contributed by atoms with Crippen LogP contribution in [-0.4, -0.2) is 64.4 Å². The van der Waals surface area contributed by atoms with Gasteiger partial charge in [-0.05, 0) is 43.5 Å². The molecular weight excluding hydrogens is 526 g/mol. The molecule has 1 saturated carbocycles. The molecule has 2 aromatic carbocycles. The summed E-state index contributed by atoms with van der Waals surface area (Å²) in [4.78, 5) is 30.5. The molecule has 0 saturated heterocycles. The van der Waals surface area contributed by atoms with E-state index in [1.165, 1.54) is 18.4 Å². The van der Waals surface area contributed by atoms with Gasteiger partial charge in [-0.1, -0.05) is 25.0 Å². The van der Waals surface area contributed by atoms with Crippen LogP contribution in [0.3, 0.4) is 0 Å². The highest BCUT2D eigenvalue weighted by Gasteiger charge is 2.41. The molecule has 0 radical (unpaired) electrons. The highest BCUT2D eigenvalue weighted by molar-refractivity contribution is 5.88. The topological polar surface area (TPSA) is 181 Å². The van der Waals surface area contributed by atoms with Crippen LogP contribution >= 0.6 is 0 Å². The van der Waals surface area contributed by atoms with Gasteiger partial charge in [-0.3, -0.25) is 9.59 Å². The molecule has 12 heteroatoms. The maximum Gasteiger partial charge on any atom is 0.336 e. The van der Waals surface area contributed by atoms with Gasteiger partial charge in [-0.25, -0.2) is 4.79 Å². The molecule has 12 nitrogen and oxygen atoms in total. The van der Waals surface area contributed by atoms with Crippen molar-refractivity contribution in [3.05, 3.63) is 47.5 Å². The van der Waals surface area contributed by atoms with Crippen molar-refractivity contribution < 1.29 is 53.8 Å². The van der Waals surface area contributed by atoms with E-state index in [4.69, 9.17) is 39.4 Å². The summed E-state index contributed by atoms with van der Waals surface area (Å²) in [6.45, 7) is 3.61. The van der Waals surface area contributed by atoms with E-state index in [1.54, 1.807) is 7.11 Å². The molecule has 0 bridgehead atoms. The van der Waals surface area contributed by atoms with Gasteiger partial charge in [0, 0.05) is 23.7 Å². The van der Waals surface area contributed by atoms with Gasteiger partial charge in [-0.15, -0.1) is 0 Å². The number of benzene rings is 2. The maximum atomic E-state index is 10.3. The second-order valence-corrected chi connectivity index (χ2v) is 9.60. The lowest BCUT2D eigenvalue weighted by atomic mass is 9.87. The van der Waals surface area contributed by atoms with Gasteiger partial charge < -0.3 is 44.7 Å². The van der Waals surface area contributed by atoms with E-state index in [-0.39, 0.29) is 12.3 Å². The number of carboxylic acids is 3. The van der Waals surface area contributed by atoms with Crippen molar-refractivity contribution in [2.24, 2.45) is 0 Å². The van der Waals surface area contributed by atoms with Crippen LogP contribution < -0.4 is 24.3 Å². The van der Waals surface area contributed by atoms with E-state index in [1.807, 2.05) is 31.2 Å². The Balaban J connectivity index is 0.000000289. The summed E-state index contributed by atoms with van der Waals surface area (Å²) in [7, 11) is 1.70. The Kier molecular flexibility index (Phi) is 10.2. The summed E-state index contributed by atoms with van der Waals surface area (Å²) in [6, 6.07) is 12.4. The number of hydrogen-bond donors (Lipinski definition) is 5. The minimum Gasteiger partial charge on any atom is -0.497 e. The first-order valence-corrected chi connectivity index (χ1v) is 12.9. The SMILES string of the molecule is CCOc1cc2c(cc1CNC1(c3ccc(OC)cc3)CCCC1)OCO2.O=C(O)CC(O)(CC(=O)O)C(=O)O. The molecule has 1 aliphatic carbocycles. The lowest BCUT2D eigenvalue weighted by Crippen LogP contribution is -2.42. The molecule has 4 rings (SSSR count). The molecule has 0 unspecified atom stereocenters. The van der Waals surface area contributed by atoms with Gasteiger partial charge in [-0.2, -0.15) is 0 Å². The number of nitrogens with one attached hydrogen (secondary N) is 1. The lowest BCUT2D eigenvalue weighted by molar-refractivity contribution is -0.170. The molecule has 1 aliphatic heterocycles. The van der Waals surface area contributed by atoms with Gasteiger partial charge in [0.2, 0.25) is 6.79 Å². The number of carboxylic acid groups (broad SMARTS) is 3. The van der Waals surface area contributed by atoms with Crippen molar-refractivity contribution in [1.29, 1.82) is 0 Å². The van der Waals surface area contributed by atoms with E-state index in [9.17, 15) is 14.4 Å². The number of fused-ring (bicyclic) bond motifs is 1. The first-order valence-electron chi connectivity index (χ1n) is 12.9. The van der Waals surface area contributed by atoms with Gasteiger partial charge in [0.25, 0.3) is 0 Å². The Morgan fingerprint density at radius 1 is 0.975 bits per heavy atom. The predicted octanol–water partition coefficient (Wildman–Crippen LogP) is 3.13. The highest BCUT2D eigenvalue weighted by atomic mass is 16.7. The fraction of sp³-hybridized carbons (Fsp3) is 0.464. The molecule has 2 aliphatic rings. The summed E-state index contributed by atoms with van der Waals surface area (Å²) in [5, 5.41) is 37.6. The van der Waals surface area contributed by atoms with Gasteiger partial charge in [0.15, 0.2) is 17.1 Å². The van der Waals surface area contributed by atoms with Crippen molar-refractivity contribution in [3.63, 3.8) is 0 Å². The average Bonchev–Trinajstić information content (AvgIpc) is 3.57. The first kappa shape index (κ1) is 30.5. The molecule has 1 fully saturated rings. The van der Waals surface area contributed by atoms with E-state index in [0.29, 0.717) is 6.61 Å². The smallest absolute Gasteiger partial charge is 0.336 e. The monoisotopic (exact) mass is 561 g/mol. The number of carbonyl (C=O) groups is 3. The third-order valence-electron chi connectivity index (χ3n) is 6.86. The maximum absolute atomic E-state index is 10.3. The van der Waals surface area contributed by atoms with E-state index in [0.717, 1.165) is 47.9 Å². The normalized spacial score (nSPS) is 15.1. The number of aliphatic hydroxyl groups is 1. The number of rotatable bonds is 12. The standard InChI is InChI=1S/C22H27NO4.C6H8O7/c1-3-25-19-13-21-20(26-15-27-21)12-16(19)14-23-22(10-4-5-11-22)17-6-8-18(24-2)9-7-17;7-3(8)1-6(13,5(11)12)2-4(9)10/h6-9,12-13,23H,3-5,10-11,14-15H2,1-2H3;13H,1-2H2,(H,7,8)(H,9,10)(H,11,12). The summed E-state index contributed by atoms with van der Waals surface area (Å²) in [6.07, 6.45) is 2.45. The largest absolute Gasteiger partial charge is 0.497 e. The summed E-state index contributed by atoms with van der Waals surface area (Å²) in [5.74, 6) is -1.72. The minimum absolute atomic E-state index is 0.00781. The van der Waals surface area contributed by atoms with Crippen LogP contribution in [0.2, 0.25) is 0 Å². The zero-order valence-electron chi connectivity index (χ0n) is 22.5. The minimum atomic E-state index is -2.74. The third-order valence-corrected chi connectivity index (χ3v) is 6.86. The molecule has 2 aromatic rings. The number of hydrogen-bond acceptors (Lipinski definition) is 9. The van der Waals surface area contributed by atoms with Crippen LogP contribution in [0.25, 0.3) is 0 Å². The van der Waals surface area contributed by atoms with Crippen LogP contribution in [-0.2, 0) is 26.5 Å². The second-order valence-electron chi connectivity index (χ2n) is 9.60. The lowest BCUT2D eigenvalue weighted by Gasteiger charge is -2.32. The van der Waals surface area contributed by atoms with Crippen molar-refractivity contribution in [2.45, 2.75) is 63.1 Å². The van der Waals surface area contributed by atoms with E-state index >= 15 is 0 Å².